The van der Waals surface area contributed by atoms with Crippen LogP contribution in [0.25, 0.3) is 11.6 Å². The van der Waals surface area contributed by atoms with E-state index in [1.807, 2.05) is 36.4 Å². The van der Waals surface area contributed by atoms with E-state index in [1.54, 1.807) is 13.3 Å². The molecule has 1 unspecified atom stereocenters. The molecule has 1 atom stereocenters. The van der Waals surface area contributed by atoms with Crippen molar-refractivity contribution in [3.63, 3.8) is 0 Å². The molecule has 2 heterocycles. The number of furan rings is 1. The third-order valence-corrected chi connectivity index (χ3v) is 4.13. The Kier molecular flexibility index (Phi) is 8.11. The zero-order valence-corrected chi connectivity index (χ0v) is 18.2. The molecule has 0 radical (unpaired) electrons. The maximum absolute atomic E-state index is 5.93. The van der Waals surface area contributed by atoms with Crippen LogP contribution in [0.2, 0.25) is 5.02 Å². The molecule has 0 amide bonds. The second kappa shape index (κ2) is 10.3. The fraction of sp³-hybridized carbons (Fsp3) is 0.278. The first-order valence-electron chi connectivity index (χ1n) is 8.33. The van der Waals surface area contributed by atoms with Crippen LogP contribution < -0.4 is 10.6 Å². The van der Waals surface area contributed by atoms with Crippen molar-refractivity contribution in [1.29, 1.82) is 0 Å². The monoisotopic (exact) mass is 500 g/mol. The van der Waals surface area contributed by atoms with E-state index in [-0.39, 0.29) is 30.0 Å². The van der Waals surface area contributed by atoms with Gasteiger partial charge in [-0.15, -0.1) is 24.0 Å². The van der Waals surface area contributed by atoms with Gasteiger partial charge in [0.05, 0.1) is 12.3 Å². The fourth-order valence-corrected chi connectivity index (χ4v) is 2.58. The van der Waals surface area contributed by atoms with E-state index < -0.39 is 0 Å². The molecule has 3 aromatic rings. The minimum absolute atomic E-state index is 0. The number of aliphatic imine (C=N–C) groups is 1. The lowest BCUT2D eigenvalue weighted by atomic mass is 10.1. The van der Waals surface area contributed by atoms with Gasteiger partial charge in [-0.25, -0.2) is 4.98 Å². The molecule has 0 spiro atoms. The number of hydrogen-bond acceptors (Lipinski definition) is 4. The minimum Gasteiger partial charge on any atom is -0.461 e. The highest BCUT2D eigenvalue weighted by Crippen LogP contribution is 2.16. The van der Waals surface area contributed by atoms with Gasteiger partial charge in [0.2, 0.25) is 5.82 Å². The van der Waals surface area contributed by atoms with E-state index in [9.17, 15) is 0 Å². The van der Waals surface area contributed by atoms with Crippen LogP contribution in [-0.2, 0) is 6.42 Å². The summed E-state index contributed by atoms with van der Waals surface area (Å²) >= 11 is 5.93. The lowest BCUT2D eigenvalue weighted by Crippen LogP contribution is -2.39. The number of nitrogens with one attached hydrogen (secondary N) is 3. The maximum atomic E-state index is 5.93. The predicted octanol–water partition coefficient (Wildman–Crippen LogP) is 3.80. The number of aromatic nitrogens is 3. The molecule has 3 rings (SSSR count). The highest BCUT2D eigenvalue weighted by atomic mass is 127. The van der Waals surface area contributed by atoms with E-state index in [1.165, 1.54) is 0 Å². The standard InChI is InChI=1S/C18H21ClN6O.HI/c1-12(13-5-7-14(19)8-6-13)22-18(20-2)21-10-9-16-23-17(25-24-16)15-4-3-11-26-15;/h3-8,11-12H,9-10H2,1-2H3,(H2,20,21,22)(H,23,24,25);1H. The largest absolute Gasteiger partial charge is 0.461 e. The Labute approximate surface area is 180 Å². The highest BCUT2D eigenvalue weighted by Gasteiger charge is 2.10. The summed E-state index contributed by atoms with van der Waals surface area (Å²) < 4.78 is 5.29. The summed E-state index contributed by atoms with van der Waals surface area (Å²) in [7, 11) is 1.74. The van der Waals surface area contributed by atoms with E-state index in [2.05, 4.69) is 37.7 Å². The lowest BCUT2D eigenvalue weighted by molar-refractivity contribution is 0.577. The Bertz CT molecular complexity index is 847. The lowest BCUT2D eigenvalue weighted by Gasteiger charge is -2.18. The molecule has 0 bridgehead atoms. The van der Waals surface area contributed by atoms with Gasteiger partial charge < -0.3 is 15.1 Å². The van der Waals surface area contributed by atoms with Crippen LogP contribution in [0.3, 0.4) is 0 Å². The van der Waals surface area contributed by atoms with Crippen molar-refractivity contribution in [3.05, 3.63) is 59.1 Å². The van der Waals surface area contributed by atoms with Gasteiger partial charge in [0.15, 0.2) is 11.7 Å². The third-order valence-electron chi connectivity index (χ3n) is 3.87. The summed E-state index contributed by atoms with van der Waals surface area (Å²) in [6.45, 7) is 2.74. The van der Waals surface area contributed by atoms with Crippen molar-refractivity contribution in [2.45, 2.75) is 19.4 Å². The van der Waals surface area contributed by atoms with Crippen molar-refractivity contribution < 1.29 is 4.42 Å². The predicted molar refractivity (Wildman–Crippen MR) is 118 cm³/mol. The minimum atomic E-state index is 0. The van der Waals surface area contributed by atoms with Crippen molar-refractivity contribution in [3.8, 4) is 11.6 Å². The van der Waals surface area contributed by atoms with Crippen LogP contribution in [0, 0.1) is 0 Å². The number of hydrogen-bond donors (Lipinski definition) is 3. The molecule has 144 valence electrons. The van der Waals surface area contributed by atoms with Gasteiger partial charge >= 0.3 is 0 Å². The second-order valence-corrected chi connectivity index (χ2v) is 6.19. The van der Waals surface area contributed by atoms with Gasteiger partial charge in [-0.2, -0.15) is 5.10 Å². The number of benzene rings is 1. The van der Waals surface area contributed by atoms with Crippen LogP contribution in [0.5, 0.6) is 0 Å². The quantitative estimate of drug-likeness (QED) is 0.272. The number of halogens is 2. The summed E-state index contributed by atoms with van der Waals surface area (Å²) in [5, 5.41) is 14.4. The Hall–Kier alpha value is -2.07. The summed E-state index contributed by atoms with van der Waals surface area (Å²) in [5.74, 6) is 2.71. The zero-order chi connectivity index (χ0) is 18.4. The molecule has 0 aliphatic carbocycles. The van der Waals surface area contributed by atoms with Crippen LogP contribution in [0.1, 0.15) is 24.4 Å². The number of nitrogens with zero attached hydrogens (tertiary/aromatic N) is 3. The molecule has 0 aliphatic rings. The van der Waals surface area contributed by atoms with Gasteiger partial charge in [0.25, 0.3) is 0 Å². The van der Waals surface area contributed by atoms with Crippen LogP contribution >= 0.6 is 35.6 Å². The van der Waals surface area contributed by atoms with E-state index in [0.29, 0.717) is 24.6 Å². The van der Waals surface area contributed by atoms with Gasteiger partial charge in [-0.3, -0.25) is 10.1 Å². The van der Waals surface area contributed by atoms with E-state index in [4.69, 9.17) is 16.0 Å². The molecule has 27 heavy (non-hydrogen) atoms. The zero-order valence-electron chi connectivity index (χ0n) is 15.1. The highest BCUT2D eigenvalue weighted by molar-refractivity contribution is 14.0. The number of guanidine groups is 1. The van der Waals surface area contributed by atoms with Crippen molar-refractivity contribution in [2.24, 2.45) is 4.99 Å². The summed E-state index contributed by atoms with van der Waals surface area (Å²) in [4.78, 5) is 8.67. The molecule has 3 N–H and O–H groups in total. The molecule has 9 heteroatoms. The first kappa shape index (κ1) is 21.2. The number of H-pyrrole nitrogens is 1. The molecule has 0 saturated carbocycles. The van der Waals surface area contributed by atoms with Crippen molar-refractivity contribution >= 4 is 41.5 Å². The van der Waals surface area contributed by atoms with E-state index in [0.717, 1.165) is 22.4 Å². The molecular weight excluding hydrogens is 479 g/mol. The van der Waals surface area contributed by atoms with Crippen LogP contribution in [-0.4, -0.2) is 34.7 Å². The molecular formula is C18H22ClIN6O. The Morgan fingerprint density at radius 1 is 1.30 bits per heavy atom. The normalized spacial score (nSPS) is 12.3. The fourth-order valence-electron chi connectivity index (χ4n) is 2.46. The first-order chi connectivity index (χ1) is 12.7. The first-order valence-corrected chi connectivity index (χ1v) is 8.71. The smallest absolute Gasteiger partial charge is 0.216 e. The molecule has 0 aliphatic heterocycles. The van der Waals surface area contributed by atoms with Gasteiger partial charge in [0.1, 0.15) is 5.82 Å². The molecule has 0 fully saturated rings. The van der Waals surface area contributed by atoms with Gasteiger partial charge in [-0.1, -0.05) is 23.7 Å². The van der Waals surface area contributed by atoms with Crippen molar-refractivity contribution in [1.82, 2.24) is 25.8 Å². The SMILES string of the molecule is CN=C(NCCc1nc(-c2ccco2)n[nH]1)NC(C)c1ccc(Cl)cc1.I. The summed E-state index contributed by atoms with van der Waals surface area (Å²) in [5.41, 5.74) is 1.13. The molecule has 2 aromatic heterocycles. The van der Waals surface area contributed by atoms with E-state index >= 15 is 0 Å². The van der Waals surface area contributed by atoms with Crippen LogP contribution in [0.4, 0.5) is 0 Å². The third kappa shape index (κ3) is 5.96. The topological polar surface area (TPSA) is 91.1 Å². The van der Waals surface area contributed by atoms with Crippen LogP contribution in [0.15, 0.2) is 52.1 Å². The molecule has 0 saturated heterocycles. The van der Waals surface area contributed by atoms with Gasteiger partial charge in [-0.05, 0) is 36.8 Å². The molecule has 7 nitrogen and oxygen atoms in total. The maximum Gasteiger partial charge on any atom is 0.216 e. The Morgan fingerprint density at radius 2 is 2.07 bits per heavy atom. The number of rotatable bonds is 6. The number of aromatic amines is 1. The van der Waals surface area contributed by atoms with Crippen molar-refractivity contribution in [2.75, 3.05) is 13.6 Å². The second-order valence-electron chi connectivity index (χ2n) is 5.75. The summed E-state index contributed by atoms with van der Waals surface area (Å²) in [6.07, 6.45) is 2.29. The Morgan fingerprint density at radius 3 is 2.74 bits per heavy atom. The summed E-state index contributed by atoms with van der Waals surface area (Å²) in [6, 6.07) is 11.5. The molecule has 1 aromatic carbocycles. The average Bonchev–Trinajstić information content (AvgIpc) is 3.33. The van der Waals surface area contributed by atoms with Gasteiger partial charge in [0, 0.05) is 25.0 Å². The Balaban J connectivity index is 0.00000261. The average molecular weight is 501 g/mol.